The molecular weight excluding hydrogens is 484 g/mol. The first kappa shape index (κ1) is 24.8. The Kier molecular flexibility index (Phi) is 9.31. The van der Waals surface area contributed by atoms with E-state index in [0.29, 0.717) is 29.4 Å². The Labute approximate surface area is 211 Å². The molecule has 0 unspecified atom stereocenters. The SMILES string of the molecule is COc1cc(NOC#CONc2cccc(CNOOSc3ccccc3)c2)ccc1-c1cnco1. The summed E-state index contributed by atoms with van der Waals surface area (Å²) in [4.78, 5) is 20.1. The lowest BCUT2D eigenvalue weighted by molar-refractivity contribution is -0.247. The maximum atomic E-state index is 5.39. The predicted octanol–water partition coefficient (Wildman–Crippen LogP) is 5.32. The molecule has 3 N–H and O–H groups in total. The molecule has 0 radical (unpaired) electrons. The minimum absolute atomic E-state index is 0.419. The molecule has 0 aliphatic heterocycles. The van der Waals surface area contributed by atoms with Crippen LogP contribution < -0.4 is 21.2 Å². The van der Waals surface area contributed by atoms with Crippen LogP contribution in [0.25, 0.3) is 11.3 Å². The average Bonchev–Trinajstić information content (AvgIpc) is 3.46. The summed E-state index contributed by atoms with van der Waals surface area (Å²) < 4.78 is 15.8. The second-order valence-electron chi connectivity index (χ2n) is 6.96. The number of benzene rings is 3. The Bertz CT molecular complexity index is 1280. The van der Waals surface area contributed by atoms with Crippen LogP contribution >= 0.6 is 12.0 Å². The zero-order chi connectivity index (χ0) is 24.8. The molecule has 0 spiro atoms. The molecule has 3 aromatic carbocycles. The van der Waals surface area contributed by atoms with E-state index in [1.54, 1.807) is 25.4 Å². The van der Waals surface area contributed by atoms with Crippen molar-refractivity contribution in [3.05, 3.63) is 91.0 Å². The smallest absolute Gasteiger partial charge is 0.192 e. The van der Waals surface area contributed by atoms with Crippen LogP contribution in [0.15, 0.2) is 94.7 Å². The standard InChI is InChI=1S/C25H22N4O6S/c1-30-24-15-21(10-11-23(24)25-17-26-18-31-25)29-33-13-12-32-28-20-7-5-6-19(14-20)16-27-34-35-36-22-8-3-2-4-9-22/h2-11,14-15,17-18,27-29H,16H2,1H3. The van der Waals surface area contributed by atoms with Crippen LogP contribution in [0.2, 0.25) is 0 Å². The lowest BCUT2D eigenvalue weighted by Crippen LogP contribution is -2.12. The van der Waals surface area contributed by atoms with E-state index < -0.39 is 0 Å². The van der Waals surface area contributed by atoms with Gasteiger partial charge >= 0.3 is 0 Å². The average molecular weight is 507 g/mol. The van der Waals surface area contributed by atoms with Gasteiger partial charge in [0.25, 0.3) is 0 Å². The highest BCUT2D eigenvalue weighted by atomic mass is 32.2. The summed E-state index contributed by atoms with van der Waals surface area (Å²) >= 11 is 1.11. The molecule has 11 heteroatoms. The van der Waals surface area contributed by atoms with Gasteiger partial charge in [0.1, 0.15) is 5.75 Å². The molecular formula is C25H22N4O6S. The third-order valence-corrected chi connectivity index (χ3v) is 5.15. The van der Waals surface area contributed by atoms with E-state index in [0.717, 1.165) is 28.1 Å². The predicted molar refractivity (Wildman–Crippen MR) is 133 cm³/mol. The van der Waals surface area contributed by atoms with Crippen molar-refractivity contribution in [2.24, 2.45) is 0 Å². The third kappa shape index (κ3) is 7.59. The zero-order valence-corrected chi connectivity index (χ0v) is 19.9. The molecule has 0 aliphatic carbocycles. The molecule has 0 bridgehead atoms. The van der Waals surface area contributed by atoms with Crippen LogP contribution in [0.5, 0.6) is 5.75 Å². The van der Waals surface area contributed by atoms with Gasteiger partial charge in [0.05, 0.1) is 42.3 Å². The Morgan fingerprint density at radius 2 is 1.72 bits per heavy atom. The first-order valence-corrected chi connectivity index (χ1v) is 11.3. The van der Waals surface area contributed by atoms with Gasteiger partial charge in [-0.1, -0.05) is 30.3 Å². The van der Waals surface area contributed by atoms with Crippen LogP contribution in [0.4, 0.5) is 11.4 Å². The fourth-order valence-electron chi connectivity index (χ4n) is 2.93. The lowest BCUT2D eigenvalue weighted by atomic mass is 10.1. The molecule has 0 amide bonds. The quantitative estimate of drug-likeness (QED) is 0.0764. The van der Waals surface area contributed by atoms with Gasteiger partial charge in [-0.2, -0.15) is 5.48 Å². The summed E-state index contributed by atoms with van der Waals surface area (Å²) in [5.41, 5.74) is 11.2. The number of rotatable bonds is 12. The van der Waals surface area contributed by atoms with Crippen molar-refractivity contribution in [3.63, 3.8) is 0 Å². The van der Waals surface area contributed by atoms with Gasteiger partial charge in [0, 0.05) is 17.5 Å². The zero-order valence-electron chi connectivity index (χ0n) is 19.1. The first-order valence-electron chi connectivity index (χ1n) is 10.6. The van der Waals surface area contributed by atoms with Crippen molar-refractivity contribution < 1.29 is 28.2 Å². The summed E-state index contributed by atoms with van der Waals surface area (Å²) in [5, 5.41) is 0. The summed E-state index contributed by atoms with van der Waals surface area (Å²) in [7, 11) is 1.57. The Morgan fingerprint density at radius 3 is 2.47 bits per heavy atom. The van der Waals surface area contributed by atoms with Crippen molar-refractivity contribution in [1.82, 2.24) is 10.5 Å². The fraction of sp³-hybridized carbons (Fsp3) is 0.0800. The Balaban J connectivity index is 1.16. The molecule has 0 saturated carbocycles. The van der Waals surface area contributed by atoms with Crippen LogP contribution in [-0.4, -0.2) is 12.1 Å². The largest absolute Gasteiger partial charge is 0.496 e. The van der Waals surface area contributed by atoms with Crippen LogP contribution in [0.1, 0.15) is 5.56 Å². The highest BCUT2D eigenvalue weighted by Gasteiger charge is 2.10. The molecule has 4 rings (SSSR count). The van der Waals surface area contributed by atoms with E-state index in [-0.39, 0.29) is 0 Å². The van der Waals surface area contributed by atoms with E-state index in [2.05, 4.69) is 33.6 Å². The maximum absolute atomic E-state index is 5.39. The van der Waals surface area contributed by atoms with E-state index in [4.69, 9.17) is 28.2 Å². The monoisotopic (exact) mass is 506 g/mol. The molecule has 0 saturated heterocycles. The molecule has 0 aliphatic rings. The van der Waals surface area contributed by atoms with Gasteiger partial charge in [-0.15, -0.1) is 9.32 Å². The van der Waals surface area contributed by atoms with Crippen molar-refractivity contribution in [2.75, 3.05) is 18.1 Å². The number of hydrogen-bond acceptors (Lipinski definition) is 11. The van der Waals surface area contributed by atoms with Crippen molar-refractivity contribution in [2.45, 2.75) is 11.4 Å². The number of hydroxylamine groups is 1. The summed E-state index contributed by atoms with van der Waals surface area (Å²) in [5.74, 6) is 1.19. The summed E-state index contributed by atoms with van der Waals surface area (Å²) in [6, 6.07) is 22.4. The van der Waals surface area contributed by atoms with Gasteiger partial charge < -0.3 is 18.8 Å². The highest BCUT2D eigenvalue weighted by molar-refractivity contribution is 7.94. The van der Waals surface area contributed by atoms with E-state index >= 15 is 0 Å². The van der Waals surface area contributed by atoms with E-state index in [1.807, 2.05) is 60.7 Å². The molecule has 0 fully saturated rings. The maximum Gasteiger partial charge on any atom is 0.192 e. The third-order valence-electron chi connectivity index (χ3n) is 4.55. The van der Waals surface area contributed by atoms with Crippen molar-refractivity contribution in [1.29, 1.82) is 0 Å². The number of hydrogen-bond donors (Lipinski definition) is 3. The topological polar surface area (TPSA) is 108 Å². The lowest BCUT2D eigenvalue weighted by Gasteiger charge is -2.09. The number of anilines is 2. The summed E-state index contributed by atoms with van der Waals surface area (Å²) in [6.07, 6.45) is 7.76. The fourth-order valence-corrected chi connectivity index (χ4v) is 3.36. The van der Waals surface area contributed by atoms with Gasteiger partial charge in [-0.3, -0.25) is 0 Å². The van der Waals surface area contributed by atoms with Crippen molar-refractivity contribution >= 4 is 23.4 Å². The molecule has 36 heavy (non-hydrogen) atoms. The van der Waals surface area contributed by atoms with E-state index in [1.165, 1.54) is 6.39 Å². The second kappa shape index (κ2) is 13.5. The number of methoxy groups -OCH3 is 1. The van der Waals surface area contributed by atoms with Gasteiger partial charge in [-0.05, 0) is 42.0 Å². The molecule has 184 valence electrons. The normalized spacial score (nSPS) is 10.1. The van der Waals surface area contributed by atoms with Crippen LogP contribution in [-0.2, 0) is 25.5 Å². The Hall–Kier alpha value is -4.34. The minimum atomic E-state index is 0.419. The molecule has 4 aromatic rings. The highest BCUT2D eigenvalue weighted by Crippen LogP contribution is 2.32. The number of ether oxygens (including phenoxy) is 1. The van der Waals surface area contributed by atoms with Crippen molar-refractivity contribution in [3.8, 4) is 29.3 Å². The van der Waals surface area contributed by atoms with E-state index in [9.17, 15) is 0 Å². The van der Waals surface area contributed by atoms with Gasteiger partial charge in [0.2, 0.25) is 0 Å². The first-order chi connectivity index (χ1) is 17.8. The van der Waals surface area contributed by atoms with Gasteiger partial charge in [-0.25, -0.2) is 15.9 Å². The number of nitrogens with zero attached hydrogens (tertiary/aromatic N) is 1. The van der Waals surface area contributed by atoms with Crippen LogP contribution in [0, 0.1) is 12.2 Å². The number of oxazole rings is 1. The minimum Gasteiger partial charge on any atom is -0.496 e. The second-order valence-corrected chi connectivity index (χ2v) is 7.74. The molecule has 1 aromatic heterocycles. The molecule has 10 nitrogen and oxygen atoms in total. The number of nitrogens with one attached hydrogen (secondary N) is 3. The summed E-state index contributed by atoms with van der Waals surface area (Å²) in [6.45, 7) is 0.419. The number of aromatic nitrogens is 1. The Morgan fingerprint density at radius 1 is 0.917 bits per heavy atom. The van der Waals surface area contributed by atoms with Crippen LogP contribution in [0.3, 0.4) is 0 Å². The molecule has 0 atom stereocenters. The molecule has 1 heterocycles. The van der Waals surface area contributed by atoms with Gasteiger partial charge in [0.15, 0.2) is 24.4 Å².